The van der Waals surface area contributed by atoms with Gasteiger partial charge in [-0.15, -0.1) is 0 Å². The fraction of sp³-hybridized carbons (Fsp3) is 0.0714. The molecule has 0 aliphatic carbocycles. The Hall–Kier alpha value is -0.770. The lowest BCUT2D eigenvalue weighted by molar-refractivity contribution is 0.0726. The summed E-state index contributed by atoms with van der Waals surface area (Å²) in [7, 11) is 1.44. The first-order valence-corrected chi connectivity index (χ1v) is 9.08. The Labute approximate surface area is 165 Å². The largest absolute Gasteiger partial charge is 0.506 e. The second-order valence-corrected chi connectivity index (χ2v) is 7.64. The van der Waals surface area contributed by atoms with E-state index in [1.54, 1.807) is 6.07 Å². The minimum atomic E-state index is -0.830. The number of carbonyl (C=O) groups excluding carboxylic acids is 1. The van der Waals surface area contributed by atoms with Gasteiger partial charge in [-0.3, -0.25) is 0 Å². The summed E-state index contributed by atoms with van der Waals surface area (Å²) in [6.45, 7) is 0. The molecular weight excluding hydrogens is 568 g/mol. The molecule has 0 aliphatic heterocycles. The predicted octanol–water partition coefficient (Wildman–Crippen LogP) is 5.38. The minimum Gasteiger partial charge on any atom is -0.506 e. The van der Waals surface area contributed by atoms with E-state index in [0.29, 0.717) is 19.2 Å². The molecule has 0 radical (unpaired) electrons. The number of phenols is 2. The van der Waals surface area contributed by atoms with Gasteiger partial charge in [-0.1, -0.05) is 15.9 Å². The van der Waals surface area contributed by atoms with Gasteiger partial charge in [0.1, 0.15) is 15.8 Å². The van der Waals surface area contributed by atoms with E-state index in [-0.39, 0.29) is 27.3 Å². The van der Waals surface area contributed by atoms with Gasteiger partial charge in [0, 0.05) is 10.5 Å². The van der Waals surface area contributed by atoms with Crippen molar-refractivity contribution in [3.8, 4) is 23.0 Å². The first-order valence-electron chi connectivity index (χ1n) is 5.91. The van der Waals surface area contributed by atoms with Gasteiger partial charge in [0.15, 0.2) is 17.2 Å². The van der Waals surface area contributed by atoms with E-state index in [0.717, 1.165) is 0 Å². The Bertz CT molecular complexity index is 791. The molecule has 2 rings (SSSR count). The van der Waals surface area contributed by atoms with E-state index >= 15 is 0 Å². The zero-order valence-electron chi connectivity index (χ0n) is 11.4. The van der Waals surface area contributed by atoms with Crippen molar-refractivity contribution in [2.45, 2.75) is 0 Å². The lowest BCUT2D eigenvalue weighted by atomic mass is 10.2. The second kappa shape index (κ2) is 7.42. The third-order valence-electron chi connectivity index (χ3n) is 2.77. The Kier molecular flexibility index (Phi) is 5.99. The molecule has 0 aromatic heterocycles. The van der Waals surface area contributed by atoms with Gasteiger partial charge in [-0.2, -0.15) is 0 Å². The molecule has 5 nitrogen and oxygen atoms in total. The predicted molar refractivity (Wildman–Crippen MR) is 98.5 cm³/mol. The third kappa shape index (κ3) is 3.84. The number of carbonyl (C=O) groups is 1. The topological polar surface area (TPSA) is 76.0 Å². The summed E-state index contributed by atoms with van der Waals surface area (Å²) in [6, 6.07) is 4.39. The van der Waals surface area contributed by atoms with Crippen LogP contribution >= 0.6 is 63.7 Å². The SMILES string of the molecule is COc1c(Br)cc(OC(=O)c2cc(Br)cc(Br)c2O)c(O)c1Br. The summed E-state index contributed by atoms with van der Waals surface area (Å²) < 4.78 is 11.9. The summed E-state index contributed by atoms with van der Waals surface area (Å²) in [5, 5.41) is 20.1. The molecule has 0 heterocycles. The van der Waals surface area contributed by atoms with Crippen molar-refractivity contribution in [3.05, 3.63) is 41.7 Å². The van der Waals surface area contributed by atoms with Crippen molar-refractivity contribution in [1.29, 1.82) is 0 Å². The molecule has 122 valence electrons. The van der Waals surface area contributed by atoms with Crippen molar-refractivity contribution in [2.75, 3.05) is 7.11 Å². The van der Waals surface area contributed by atoms with Crippen LogP contribution in [0.15, 0.2) is 36.1 Å². The fourth-order valence-corrected chi connectivity index (χ4v) is 4.34. The van der Waals surface area contributed by atoms with Crippen LogP contribution in [0.4, 0.5) is 0 Å². The summed E-state index contributed by atoms with van der Waals surface area (Å²) in [4.78, 5) is 12.3. The Morgan fingerprint density at radius 3 is 2.26 bits per heavy atom. The molecule has 0 bridgehead atoms. The van der Waals surface area contributed by atoms with Gasteiger partial charge in [-0.25, -0.2) is 4.79 Å². The van der Waals surface area contributed by atoms with Gasteiger partial charge in [0.05, 0.1) is 16.1 Å². The third-order valence-corrected chi connectivity index (χ3v) is 5.16. The van der Waals surface area contributed by atoms with E-state index in [9.17, 15) is 15.0 Å². The maximum Gasteiger partial charge on any atom is 0.347 e. The molecule has 0 fully saturated rings. The molecule has 0 saturated heterocycles. The monoisotopic (exact) mass is 572 g/mol. The zero-order chi connectivity index (χ0) is 17.3. The molecule has 9 heteroatoms. The molecule has 0 atom stereocenters. The highest BCUT2D eigenvalue weighted by atomic mass is 79.9. The molecule has 0 spiro atoms. The number of esters is 1. The molecule has 0 unspecified atom stereocenters. The quantitative estimate of drug-likeness (QED) is 0.380. The molecule has 2 aromatic rings. The first-order chi connectivity index (χ1) is 10.8. The van der Waals surface area contributed by atoms with Crippen LogP contribution in [0.25, 0.3) is 0 Å². The number of ether oxygens (including phenoxy) is 2. The minimum absolute atomic E-state index is 0.0614. The van der Waals surface area contributed by atoms with E-state index < -0.39 is 5.97 Å². The van der Waals surface area contributed by atoms with Gasteiger partial charge in [0.25, 0.3) is 0 Å². The smallest absolute Gasteiger partial charge is 0.347 e. The van der Waals surface area contributed by atoms with Crippen LogP contribution in [0, 0.1) is 0 Å². The molecule has 0 aliphatic rings. The van der Waals surface area contributed by atoms with Crippen LogP contribution < -0.4 is 9.47 Å². The van der Waals surface area contributed by atoms with E-state index in [1.165, 1.54) is 19.2 Å². The van der Waals surface area contributed by atoms with Crippen LogP contribution in [-0.2, 0) is 0 Å². The number of rotatable bonds is 3. The van der Waals surface area contributed by atoms with E-state index in [1.807, 2.05) is 0 Å². The van der Waals surface area contributed by atoms with Crippen molar-refractivity contribution in [2.24, 2.45) is 0 Å². The van der Waals surface area contributed by atoms with Crippen molar-refractivity contribution >= 4 is 69.7 Å². The molecule has 0 amide bonds. The number of hydrogen-bond acceptors (Lipinski definition) is 5. The fourth-order valence-electron chi connectivity index (χ4n) is 1.71. The summed E-state index contributed by atoms with van der Waals surface area (Å²) in [6.07, 6.45) is 0. The van der Waals surface area contributed by atoms with Gasteiger partial charge < -0.3 is 19.7 Å². The van der Waals surface area contributed by atoms with Gasteiger partial charge in [-0.05, 0) is 59.9 Å². The Balaban J connectivity index is 2.42. The summed E-state index contributed by atoms with van der Waals surface area (Å²) in [5.74, 6) is -1.12. The van der Waals surface area contributed by atoms with E-state index in [4.69, 9.17) is 9.47 Å². The van der Waals surface area contributed by atoms with Crippen molar-refractivity contribution in [3.63, 3.8) is 0 Å². The van der Waals surface area contributed by atoms with Crippen LogP contribution in [0.2, 0.25) is 0 Å². The molecule has 2 N–H and O–H groups in total. The Morgan fingerprint density at radius 2 is 1.65 bits per heavy atom. The average Bonchev–Trinajstić information content (AvgIpc) is 2.48. The second-order valence-electron chi connectivity index (χ2n) is 4.23. The maximum atomic E-state index is 12.3. The normalized spacial score (nSPS) is 10.5. The van der Waals surface area contributed by atoms with E-state index in [2.05, 4.69) is 63.7 Å². The average molecular weight is 576 g/mol. The summed E-state index contributed by atoms with van der Waals surface area (Å²) in [5.41, 5.74) is -0.0614. The number of methoxy groups -OCH3 is 1. The van der Waals surface area contributed by atoms with Crippen LogP contribution in [-0.4, -0.2) is 23.3 Å². The van der Waals surface area contributed by atoms with Gasteiger partial charge in [0.2, 0.25) is 0 Å². The molecular formula is C14H8Br4O5. The lowest BCUT2D eigenvalue weighted by Gasteiger charge is -2.13. The highest BCUT2D eigenvalue weighted by Gasteiger charge is 2.22. The number of hydrogen-bond donors (Lipinski definition) is 2. The zero-order valence-corrected chi connectivity index (χ0v) is 17.7. The first kappa shape index (κ1) is 18.6. The Morgan fingerprint density at radius 1 is 1.00 bits per heavy atom. The standard InChI is InChI=1S/C14H8Br4O5/c1-22-13-8(17)4-9(12(20)10(13)18)23-14(21)6-2-5(15)3-7(16)11(6)19/h2-4,19-20H,1H3. The highest BCUT2D eigenvalue weighted by Crippen LogP contribution is 2.46. The summed E-state index contributed by atoms with van der Waals surface area (Å²) >= 11 is 12.8. The van der Waals surface area contributed by atoms with Crippen molar-refractivity contribution in [1.82, 2.24) is 0 Å². The number of phenolic OH excluding ortho intramolecular Hbond substituents is 2. The molecule has 23 heavy (non-hydrogen) atoms. The molecule has 0 saturated carbocycles. The maximum absolute atomic E-state index is 12.3. The van der Waals surface area contributed by atoms with Gasteiger partial charge >= 0.3 is 5.97 Å². The van der Waals surface area contributed by atoms with Crippen molar-refractivity contribution < 1.29 is 24.5 Å². The lowest BCUT2D eigenvalue weighted by Crippen LogP contribution is -2.09. The van der Waals surface area contributed by atoms with Crippen LogP contribution in [0.1, 0.15) is 10.4 Å². The van der Waals surface area contributed by atoms with Crippen LogP contribution in [0.3, 0.4) is 0 Å². The highest BCUT2D eigenvalue weighted by molar-refractivity contribution is 9.11. The van der Waals surface area contributed by atoms with Crippen LogP contribution in [0.5, 0.6) is 23.0 Å². The number of aromatic hydroxyl groups is 2. The number of halogens is 4. The molecule has 2 aromatic carbocycles. The number of benzene rings is 2.